The summed E-state index contributed by atoms with van der Waals surface area (Å²) in [6.45, 7) is 5.25. The van der Waals surface area contributed by atoms with Gasteiger partial charge in [-0.15, -0.1) is 0 Å². The van der Waals surface area contributed by atoms with Crippen LogP contribution in [0.5, 0.6) is 0 Å². The van der Waals surface area contributed by atoms with E-state index in [-0.39, 0.29) is 33.3 Å². The summed E-state index contributed by atoms with van der Waals surface area (Å²) >= 11 is 6.29. The monoisotopic (exact) mass is 495 g/mol. The summed E-state index contributed by atoms with van der Waals surface area (Å²) in [6.07, 6.45) is 1.28. The minimum Gasteiger partial charge on any atom is -0.383 e. The molecule has 0 fully saturated rings. The van der Waals surface area contributed by atoms with Gasteiger partial charge in [0.1, 0.15) is 29.3 Å². The summed E-state index contributed by atoms with van der Waals surface area (Å²) in [5.74, 6) is 0.702. The van der Waals surface area contributed by atoms with Gasteiger partial charge in [-0.25, -0.2) is 14.4 Å². The van der Waals surface area contributed by atoms with Gasteiger partial charge in [0, 0.05) is 17.1 Å². The number of halogens is 2. The zero-order valence-electron chi connectivity index (χ0n) is 18.8. The van der Waals surface area contributed by atoms with Gasteiger partial charge >= 0.3 is 0 Å². The third kappa shape index (κ3) is 3.87. The van der Waals surface area contributed by atoms with E-state index in [1.807, 2.05) is 0 Å². The molecular formula is C22H19ClFN9O2. The van der Waals surface area contributed by atoms with Crippen LogP contribution in [-0.2, 0) is 0 Å². The minimum atomic E-state index is -0.598. The predicted molar refractivity (Wildman–Crippen MR) is 128 cm³/mol. The van der Waals surface area contributed by atoms with E-state index in [4.69, 9.17) is 21.9 Å². The van der Waals surface area contributed by atoms with Gasteiger partial charge in [-0.3, -0.25) is 14.5 Å². The van der Waals surface area contributed by atoms with Gasteiger partial charge in [0.05, 0.1) is 22.1 Å². The number of aryl methyl sites for hydroxylation is 2. The summed E-state index contributed by atoms with van der Waals surface area (Å²) in [5, 5.41) is 14.3. The lowest BCUT2D eigenvalue weighted by atomic mass is 10.1. The molecule has 4 heterocycles. The third-order valence-electron chi connectivity index (χ3n) is 5.45. The first kappa shape index (κ1) is 22.5. The van der Waals surface area contributed by atoms with E-state index in [1.54, 1.807) is 32.9 Å². The summed E-state index contributed by atoms with van der Waals surface area (Å²) in [5.41, 5.74) is 7.01. The van der Waals surface area contributed by atoms with Crippen LogP contribution in [0.3, 0.4) is 0 Å². The first-order chi connectivity index (χ1) is 16.7. The van der Waals surface area contributed by atoms with Crippen molar-refractivity contribution in [1.29, 1.82) is 0 Å². The Kier molecular flexibility index (Phi) is 5.44. The van der Waals surface area contributed by atoms with Crippen LogP contribution in [0.4, 0.5) is 16.0 Å². The number of nitrogens with zero attached hydrogens (tertiary/aromatic N) is 6. The van der Waals surface area contributed by atoms with Gasteiger partial charge in [-0.2, -0.15) is 10.1 Å². The van der Waals surface area contributed by atoms with Gasteiger partial charge in [0.15, 0.2) is 11.6 Å². The number of H-pyrrole nitrogens is 1. The van der Waals surface area contributed by atoms with Gasteiger partial charge in [0.25, 0.3) is 11.4 Å². The summed E-state index contributed by atoms with van der Waals surface area (Å²) in [4.78, 5) is 26.1. The number of benzene rings is 1. The van der Waals surface area contributed by atoms with Crippen LogP contribution in [0.2, 0.25) is 5.02 Å². The number of rotatable bonds is 5. The Morgan fingerprint density at radius 2 is 2.06 bits per heavy atom. The number of hydrogen-bond donors (Lipinski definition) is 3. The second kappa shape index (κ2) is 8.47. The molecule has 5 rings (SSSR count). The molecule has 13 heteroatoms. The predicted octanol–water partition coefficient (Wildman–Crippen LogP) is 3.72. The van der Waals surface area contributed by atoms with Crippen LogP contribution < -0.4 is 16.6 Å². The summed E-state index contributed by atoms with van der Waals surface area (Å²) in [7, 11) is 0. The number of nitrogens with two attached hydrogens (primary N) is 1. The van der Waals surface area contributed by atoms with Gasteiger partial charge in [-0.05, 0) is 39.0 Å². The number of pyridine rings is 1. The van der Waals surface area contributed by atoms with Crippen molar-refractivity contribution < 1.29 is 8.91 Å². The number of nitrogens with one attached hydrogen (secondary N) is 2. The smallest absolute Gasteiger partial charge is 0.266 e. The Labute approximate surface area is 202 Å². The number of fused-ring (bicyclic) bond motifs is 1. The van der Waals surface area contributed by atoms with Crippen LogP contribution in [0, 0.1) is 19.7 Å². The fourth-order valence-electron chi connectivity index (χ4n) is 3.84. The maximum atomic E-state index is 14.8. The highest BCUT2D eigenvalue weighted by molar-refractivity contribution is 6.35. The average molecular weight is 496 g/mol. The molecule has 4 N–H and O–H groups in total. The number of aromatic amines is 1. The van der Waals surface area contributed by atoms with Crippen LogP contribution in [0.15, 0.2) is 39.9 Å². The Balaban J connectivity index is 1.70. The summed E-state index contributed by atoms with van der Waals surface area (Å²) < 4.78 is 21.4. The van der Waals surface area contributed by atoms with Crippen LogP contribution in [0.25, 0.3) is 28.0 Å². The van der Waals surface area contributed by atoms with E-state index in [1.165, 1.54) is 23.0 Å². The molecule has 0 aliphatic rings. The van der Waals surface area contributed by atoms with Gasteiger partial charge < -0.3 is 15.6 Å². The fourth-order valence-corrected chi connectivity index (χ4v) is 4.08. The number of anilines is 2. The second-order valence-electron chi connectivity index (χ2n) is 7.93. The highest BCUT2D eigenvalue weighted by atomic mass is 35.5. The van der Waals surface area contributed by atoms with Crippen molar-refractivity contribution >= 4 is 34.0 Å². The van der Waals surface area contributed by atoms with E-state index >= 15 is 0 Å². The van der Waals surface area contributed by atoms with E-state index < -0.39 is 17.4 Å². The molecule has 0 aliphatic heterocycles. The van der Waals surface area contributed by atoms with Crippen molar-refractivity contribution in [3.05, 3.63) is 69.0 Å². The van der Waals surface area contributed by atoms with Crippen molar-refractivity contribution in [2.75, 3.05) is 11.1 Å². The molecule has 11 nitrogen and oxygen atoms in total. The molecule has 1 aromatic carbocycles. The van der Waals surface area contributed by atoms with Crippen LogP contribution in [0.1, 0.15) is 30.2 Å². The Morgan fingerprint density at radius 1 is 1.26 bits per heavy atom. The molecule has 0 saturated carbocycles. The van der Waals surface area contributed by atoms with Crippen molar-refractivity contribution in [3.8, 4) is 17.3 Å². The third-order valence-corrected chi connectivity index (χ3v) is 5.76. The maximum absolute atomic E-state index is 14.8. The molecule has 5 aromatic rings. The molecule has 1 atom stereocenters. The molecule has 0 aliphatic carbocycles. The molecule has 0 saturated heterocycles. The van der Waals surface area contributed by atoms with E-state index in [9.17, 15) is 9.18 Å². The highest BCUT2D eigenvalue weighted by Crippen LogP contribution is 2.33. The van der Waals surface area contributed by atoms with Crippen molar-refractivity contribution in [1.82, 2.24) is 34.9 Å². The molecule has 0 amide bonds. The number of aromatic nitrogens is 7. The topological polar surface area (TPSA) is 153 Å². The SMILES string of the molecule is Cc1noc(-c2c(N)ncnc2N[C@@H](C)c2cc3c(F)ccc(Cl)c3c(=O)n2-c2cc(C)[nH]n2)n1. The first-order valence-corrected chi connectivity index (χ1v) is 10.9. The van der Waals surface area contributed by atoms with Crippen molar-refractivity contribution in [3.63, 3.8) is 0 Å². The minimum absolute atomic E-state index is 0.0524. The molecule has 0 unspecified atom stereocenters. The number of nitrogen functional groups attached to an aromatic ring is 1. The molecule has 0 bridgehead atoms. The lowest BCUT2D eigenvalue weighted by Gasteiger charge is -2.21. The molecule has 4 aromatic heterocycles. The zero-order valence-corrected chi connectivity index (χ0v) is 19.6. The van der Waals surface area contributed by atoms with Crippen molar-refractivity contribution in [2.45, 2.75) is 26.8 Å². The van der Waals surface area contributed by atoms with E-state index in [2.05, 4.69) is 35.6 Å². The molecule has 178 valence electrons. The number of hydrogen-bond acceptors (Lipinski definition) is 9. The largest absolute Gasteiger partial charge is 0.383 e. The normalized spacial score (nSPS) is 12.3. The Morgan fingerprint density at radius 3 is 2.74 bits per heavy atom. The molecule has 0 spiro atoms. The van der Waals surface area contributed by atoms with Gasteiger partial charge in [-0.1, -0.05) is 16.8 Å². The summed E-state index contributed by atoms with van der Waals surface area (Å²) in [6, 6.07) is 5.23. The highest BCUT2D eigenvalue weighted by Gasteiger charge is 2.24. The van der Waals surface area contributed by atoms with E-state index in [0.29, 0.717) is 22.9 Å². The van der Waals surface area contributed by atoms with Crippen molar-refractivity contribution in [2.24, 2.45) is 0 Å². The van der Waals surface area contributed by atoms with Gasteiger partial charge in [0.2, 0.25) is 0 Å². The first-order valence-electron chi connectivity index (χ1n) is 10.5. The fraction of sp³-hybridized carbons (Fsp3) is 0.182. The lowest BCUT2D eigenvalue weighted by molar-refractivity contribution is 0.425. The van der Waals surface area contributed by atoms with E-state index in [0.717, 1.165) is 5.69 Å². The van der Waals surface area contributed by atoms with Crippen LogP contribution in [-0.4, -0.2) is 34.9 Å². The zero-order chi connectivity index (χ0) is 24.9. The average Bonchev–Trinajstić information content (AvgIpc) is 3.44. The standard InChI is InChI=1S/C22H19ClFN9O2/c1-9-6-16(31-30-9)33-15(7-12-14(24)5-4-13(23)17(12)22(33)34)10(2)28-20-18(19(25)26-8-27-20)21-29-11(3)32-35-21/h4-8,10H,1-3H3,(H,30,31)(H3,25,26,27,28)/t10-/m0/s1. The lowest BCUT2D eigenvalue weighted by Crippen LogP contribution is -2.26. The molecule has 35 heavy (non-hydrogen) atoms. The molecule has 0 radical (unpaired) electrons. The Hall–Kier alpha value is -4.32. The van der Waals surface area contributed by atoms with Crippen LogP contribution >= 0.6 is 11.6 Å². The maximum Gasteiger partial charge on any atom is 0.266 e. The second-order valence-corrected chi connectivity index (χ2v) is 8.34. The quantitative estimate of drug-likeness (QED) is 0.331. The Bertz CT molecular complexity index is 1640. The molecular weight excluding hydrogens is 477 g/mol.